The molecule has 1 atom stereocenters. The molecule has 0 spiro atoms. The van der Waals surface area contributed by atoms with Crippen molar-refractivity contribution in [3.05, 3.63) is 29.3 Å². The number of nitrogens with one attached hydrogen (secondary N) is 1. The summed E-state index contributed by atoms with van der Waals surface area (Å²) in [5.41, 5.74) is 3.00. The van der Waals surface area contributed by atoms with Crippen LogP contribution in [0.15, 0.2) is 18.2 Å². The van der Waals surface area contributed by atoms with Gasteiger partial charge in [0.1, 0.15) is 11.9 Å². The number of likely N-dealkylation sites (tertiary alicyclic amines) is 1. The van der Waals surface area contributed by atoms with E-state index in [9.17, 15) is 0 Å². The van der Waals surface area contributed by atoms with E-state index in [1.807, 2.05) is 0 Å². The molecule has 4 heteroatoms. The Morgan fingerprint density at radius 2 is 2.00 bits per heavy atom. The van der Waals surface area contributed by atoms with Crippen molar-refractivity contribution in [3.8, 4) is 5.75 Å². The van der Waals surface area contributed by atoms with Crippen molar-refractivity contribution in [2.45, 2.75) is 46.1 Å². The van der Waals surface area contributed by atoms with Gasteiger partial charge < -0.3 is 15.0 Å². The molecule has 0 amide bonds. The van der Waals surface area contributed by atoms with E-state index in [1.165, 1.54) is 50.3 Å². The molecule has 1 aromatic rings. The van der Waals surface area contributed by atoms with E-state index in [0.717, 1.165) is 18.6 Å². The fraction of sp³-hybridized carbons (Fsp3) is 0.684. The second kappa shape index (κ2) is 7.87. The smallest absolute Gasteiger partial charge is 0.122 e. The van der Waals surface area contributed by atoms with E-state index in [1.54, 1.807) is 0 Å². The maximum atomic E-state index is 6.27. The van der Waals surface area contributed by atoms with Crippen LogP contribution in [-0.4, -0.2) is 43.7 Å². The first-order valence-corrected chi connectivity index (χ1v) is 8.71. The maximum absolute atomic E-state index is 6.27. The van der Waals surface area contributed by atoms with Crippen molar-refractivity contribution in [3.63, 3.8) is 0 Å². The van der Waals surface area contributed by atoms with Crippen molar-refractivity contribution in [1.82, 2.24) is 10.2 Å². The lowest BCUT2D eigenvalue weighted by molar-refractivity contribution is 0.0771. The topological polar surface area (TPSA) is 24.5 Å². The van der Waals surface area contributed by atoms with Crippen molar-refractivity contribution in [1.29, 1.82) is 0 Å². The molecule has 1 aromatic carbocycles. The second-order valence-corrected chi connectivity index (χ2v) is 7.60. The van der Waals surface area contributed by atoms with Crippen LogP contribution in [0.3, 0.4) is 0 Å². The van der Waals surface area contributed by atoms with Crippen molar-refractivity contribution < 1.29 is 4.74 Å². The van der Waals surface area contributed by atoms with Crippen LogP contribution in [0.5, 0.6) is 5.75 Å². The molecule has 1 N–H and O–H groups in total. The predicted molar refractivity (Wildman–Crippen MR) is 98.8 cm³/mol. The minimum Gasteiger partial charge on any atom is -0.490 e. The average molecular weight is 339 g/mol. The molecule has 2 heterocycles. The molecule has 0 radical (unpaired) electrons. The Balaban J connectivity index is 0.00000192. The van der Waals surface area contributed by atoms with Gasteiger partial charge in [-0.25, -0.2) is 0 Å². The lowest BCUT2D eigenvalue weighted by Gasteiger charge is -2.37. The molecule has 2 aliphatic heterocycles. The number of halogens is 1. The largest absolute Gasteiger partial charge is 0.490 e. The van der Waals surface area contributed by atoms with E-state index < -0.39 is 0 Å². The first-order valence-electron chi connectivity index (χ1n) is 8.71. The van der Waals surface area contributed by atoms with Crippen molar-refractivity contribution in [2.75, 3.05) is 32.7 Å². The standard InChI is InChI=1S/C19H30N2O.ClH/c1-15-4-5-16(2)18(12-15)22-17-6-10-21(11-7-17)14-19(3)8-9-20-13-19;/h4-5,12,17,20H,6-11,13-14H2,1-3H3;1H. The molecule has 0 bridgehead atoms. The summed E-state index contributed by atoms with van der Waals surface area (Å²) in [7, 11) is 0. The van der Waals surface area contributed by atoms with Gasteiger partial charge in [0.25, 0.3) is 0 Å². The number of hydrogen-bond donors (Lipinski definition) is 1. The fourth-order valence-corrected chi connectivity index (χ4v) is 3.74. The molecule has 1 unspecified atom stereocenters. The van der Waals surface area contributed by atoms with Crippen LogP contribution in [0.25, 0.3) is 0 Å². The number of hydrogen-bond acceptors (Lipinski definition) is 3. The molecule has 3 rings (SSSR count). The first kappa shape index (κ1) is 18.6. The third-order valence-electron chi connectivity index (χ3n) is 5.23. The lowest BCUT2D eigenvalue weighted by atomic mass is 9.88. The Morgan fingerprint density at radius 3 is 2.65 bits per heavy atom. The number of ether oxygens (including phenoxy) is 1. The van der Waals surface area contributed by atoms with Crippen LogP contribution in [0.4, 0.5) is 0 Å². The highest BCUT2D eigenvalue weighted by Crippen LogP contribution is 2.28. The Morgan fingerprint density at radius 1 is 1.26 bits per heavy atom. The van der Waals surface area contributed by atoms with Gasteiger partial charge in [0.05, 0.1) is 0 Å². The summed E-state index contributed by atoms with van der Waals surface area (Å²) in [6, 6.07) is 6.49. The molecule has 3 nitrogen and oxygen atoms in total. The minimum absolute atomic E-state index is 0. The second-order valence-electron chi connectivity index (χ2n) is 7.60. The highest BCUT2D eigenvalue weighted by molar-refractivity contribution is 5.85. The van der Waals surface area contributed by atoms with Gasteiger partial charge in [0.15, 0.2) is 0 Å². The van der Waals surface area contributed by atoms with Crippen LogP contribution in [-0.2, 0) is 0 Å². The molecule has 2 saturated heterocycles. The maximum Gasteiger partial charge on any atom is 0.122 e. The highest BCUT2D eigenvalue weighted by atomic mass is 35.5. The summed E-state index contributed by atoms with van der Waals surface area (Å²) < 4.78 is 6.27. The quantitative estimate of drug-likeness (QED) is 0.908. The van der Waals surface area contributed by atoms with Gasteiger partial charge in [0.2, 0.25) is 0 Å². The third-order valence-corrected chi connectivity index (χ3v) is 5.23. The number of piperidine rings is 1. The van der Waals surface area contributed by atoms with Crippen LogP contribution >= 0.6 is 12.4 Å². The van der Waals surface area contributed by atoms with E-state index in [4.69, 9.17) is 4.74 Å². The summed E-state index contributed by atoms with van der Waals surface area (Å²) in [5, 5.41) is 3.50. The molecule has 0 aliphatic carbocycles. The zero-order valence-corrected chi connectivity index (χ0v) is 15.5. The van der Waals surface area contributed by atoms with Gasteiger partial charge in [-0.05, 0) is 62.3 Å². The van der Waals surface area contributed by atoms with E-state index in [-0.39, 0.29) is 12.4 Å². The Hall–Kier alpha value is -0.770. The fourth-order valence-electron chi connectivity index (χ4n) is 3.74. The molecule has 2 aliphatic rings. The number of nitrogens with zero attached hydrogens (tertiary/aromatic N) is 1. The molecule has 130 valence electrons. The third kappa shape index (κ3) is 4.85. The number of rotatable bonds is 4. The van der Waals surface area contributed by atoms with Crippen LogP contribution < -0.4 is 10.1 Å². The molecule has 2 fully saturated rings. The van der Waals surface area contributed by atoms with Crippen molar-refractivity contribution in [2.24, 2.45) is 5.41 Å². The zero-order chi connectivity index (χ0) is 15.6. The van der Waals surface area contributed by atoms with E-state index in [2.05, 4.69) is 49.2 Å². The van der Waals surface area contributed by atoms with E-state index >= 15 is 0 Å². The lowest BCUT2D eigenvalue weighted by Crippen LogP contribution is -2.44. The Labute approximate surface area is 147 Å². The van der Waals surface area contributed by atoms with Crippen LogP contribution in [0.2, 0.25) is 0 Å². The predicted octanol–water partition coefficient (Wildman–Crippen LogP) is 3.57. The van der Waals surface area contributed by atoms with E-state index in [0.29, 0.717) is 11.5 Å². The molecular formula is C19H31ClN2O. The summed E-state index contributed by atoms with van der Waals surface area (Å²) in [4.78, 5) is 2.63. The van der Waals surface area contributed by atoms with Gasteiger partial charge in [0, 0.05) is 26.2 Å². The zero-order valence-electron chi connectivity index (χ0n) is 14.7. The minimum atomic E-state index is 0. The molecule has 0 aromatic heterocycles. The first-order chi connectivity index (χ1) is 10.5. The summed E-state index contributed by atoms with van der Waals surface area (Å²) in [5.74, 6) is 1.07. The molecule has 23 heavy (non-hydrogen) atoms. The highest BCUT2D eigenvalue weighted by Gasteiger charge is 2.32. The van der Waals surface area contributed by atoms with Gasteiger partial charge in [-0.3, -0.25) is 0 Å². The van der Waals surface area contributed by atoms with Crippen LogP contribution in [0.1, 0.15) is 37.3 Å². The van der Waals surface area contributed by atoms with Crippen molar-refractivity contribution >= 4 is 12.4 Å². The Bertz CT molecular complexity index is 506. The molecule has 0 saturated carbocycles. The number of benzene rings is 1. The van der Waals surface area contributed by atoms with Gasteiger partial charge >= 0.3 is 0 Å². The van der Waals surface area contributed by atoms with Gasteiger partial charge in [-0.2, -0.15) is 0 Å². The van der Waals surface area contributed by atoms with Gasteiger partial charge in [-0.1, -0.05) is 19.1 Å². The SMILES string of the molecule is Cc1ccc(C)c(OC2CCN(CC3(C)CCNC3)CC2)c1.Cl. The molecular weight excluding hydrogens is 308 g/mol. The normalized spacial score (nSPS) is 26.0. The average Bonchev–Trinajstić information content (AvgIpc) is 2.91. The summed E-state index contributed by atoms with van der Waals surface area (Å²) in [6.45, 7) is 12.6. The summed E-state index contributed by atoms with van der Waals surface area (Å²) in [6.07, 6.45) is 3.99. The monoisotopic (exact) mass is 338 g/mol. The Kier molecular flexibility index (Phi) is 6.35. The van der Waals surface area contributed by atoms with Crippen LogP contribution in [0, 0.1) is 19.3 Å². The summed E-state index contributed by atoms with van der Waals surface area (Å²) >= 11 is 0. The number of aryl methyl sites for hydroxylation is 2. The van der Waals surface area contributed by atoms with Gasteiger partial charge in [-0.15, -0.1) is 12.4 Å².